The molecule has 1 fully saturated rings. The van der Waals surface area contributed by atoms with Gasteiger partial charge in [-0.2, -0.15) is 0 Å². The molecule has 0 radical (unpaired) electrons. The topological polar surface area (TPSA) is 66.8 Å². The molecule has 0 aliphatic carbocycles. The average Bonchev–Trinajstić information content (AvgIpc) is 2.59. The number of carbonyl (C=O) groups excluding carboxylic acids is 1. The summed E-state index contributed by atoms with van der Waals surface area (Å²) in [5.41, 5.74) is 0.310. The van der Waals surface area contributed by atoms with Gasteiger partial charge in [-0.05, 0) is 43.4 Å². The fourth-order valence-corrected chi connectivity index (χ4v) is 3.16. The molecule has 1 amide bonds. The minimum absolute atomic E-state index is 0.0413. The van der Waals surface area contributed by atoms with E-state index in [9.17, 15) is 14.7 Å². The van der Waals surface area contributed by atoms with Crippen LogP contribution in [0, 0.1) is 5.41 Å². The SMILES string of the molecule is CC[C@@]1(C(=O)O)CCCN(C(=O)CCc2ccc(OC)cc2)C1. The first-order valence-electron chi connectivity index (χ1n) is 8.15. The van der Waals surface area contributed by atoms with Crippen molar-refractivity contribution in [3.8, 4) is 5.75 Å². The molecule has 1 N–H and O–H groups in total. The standard InChI is InChI=1S/C18H25NO4/c1-3-18(17(21)22)11-4-12-19(13-18)16(20)10-7-14-5-8-15(23-2)9-6-14/h5-6,8-9H,3-4,7,10-13H2,1-2H3,(H,21,22)/t18-/m1/s1. The van der Waals surface area contributed by atoms with E-state index in [0.717, 1.165) is 17.7 Å². The van der Waals surface area contributed by atoms with Crippen LogP contribution < -0.4 is 4.74 Å². The van der Waals surface area contributed by atoms with E-state index >= 15 is 0 Å². The molecule has 126 valence electrons. The van der Waals surface area contributed by atoms with Gasteiger partial charge in [-0.3, -0.25) is 9.59 Å². The Balaban J connectivity index is 1.93. The molecule has 1 aromatic rings. The van der Waals surface area contributed by atoms with Crippen LogP contribution in [0.3, 0.4) is 0 Å². The van der Waals surface area contributed by atoms with Gasteiger partial charge in [0.25, 0.3) is 0 Å². The molecule has 1 aliphatic heterocycles. The fraction of sp³-hybridized carbons (Fsp3) is 0.556. The minimum Gasteiger partial charge on any atom is -0.497 e. The van der Waals surface area contributed by atoms with E-state index in [1.165, 1.54) is 0 Å². The third kappa shape index (κ3) is 4.03. The van der Waals surface area contributed by atoms with Crippen LogP contribution in [0.1, 0.15) is 38.2 Å². The zero-order valence-corrected chi connectivity index (χ0v) is 13.9. The molecule has 0 unspecified atom stereocenters. The van der Waals surface area contributed by atoms with Crippen LogP contribution in [0.5, 0.6) is 5.75 Å². The van der Waals surface area contributed by atoms with Crippen LogP contribution in [-0.4, -0.2) is 42.1 Å². The largest absolute Gasteiger partial charge is 0.497 e. The number of hydrogen-bond acceptors (Lipinski definition) is 3. The number of benzene rings is 1. The lowest BCUT2D eigenvalue weighted by molar-refractivity contribution is -0.155. The van der Waals surface area contributed by atoms with Crippen LogP contribution in [0.2, 0.25) is 0 Å². The Hall–Kier alpha value is -2.04. The van der Waals surface area contributed by atoms with Gasteiger partial charge in [0.05, 0.1) is 12.5 Å². The zero-order valence-electron chi connectivity index (χ0n) is 13.9. The van der Waals surface area contributed by atoms with Crippen LogP contribution >= 0.6 is 0 Å². The Morgan fingerprint density at radius 3 is 2.57 bits per heavy atom. The van der Waals surface area contributed by atoms with Gasteiger partial charge in [-0.1, -0.05) is 19.1 Å². The Bertz CT molecular complexity index is 555. The molecule has 0 aromatic heterocycles. The summed E-state index contributed by atoms with van der Waals surface area (Å²) in [7, 11) is 1.62. The molecule has 1 aliphatic rings. The van der Waals surface area contributed by atoms with Crippen molar-refractivity contribution in [1.82, 2.24) is 4.90 Å². The maximum atomic E-state index is 12.4. The lowest BCUT2D eigenvalue weighted by Gasteiger charge is -2.39. The van der Waals surface area contributed by atoms with E-state index in [0.29, 0.717) is 38.8 Å². The zero-order chi connectivity index (χ0) is 16.9. The normalized spacial score (nSPS) is 21.0. The van der Waals surface area contributed by atoms with Gasteiger partial charge in [0.15, 0.2) is 0 Å². The fourth-order valence-electron chi connectivity index (χ4n) is 3.16. The highest BCUT2D eigenvalue weighted by atomic mass is 16.5. The Kier molecular flexibility index (Phi) is 5.64. The number of piperidine rings is 1. The van der Waals surface area contributed by atoms with Gasteiger partial charge in [-0.25, -0.2) is 0 Å². The summed E-state index contributed by atoms with van der Waals surface area (Å²) in [6.07, 6.45) is 3.04. The van der Waals surface area contributed by atoms with Crippen molar-refractivity contribution in [3.05, 3.63) is 29.8 Å². The van der Waals surface area contributed by atoms with Crippen LogP contribution in [0.15, 0.2) is 24.3 Å². The van der Waals surface area contributed by atoms with E-state index in [1.807, 2.05) is 31.2 Å². The monoisotopic (exact) mass is 319 g/mol. The first-order chi connectivity index (χ1) is 11.0. The number of carboxylic acids is 1. The number of likely N-dealkylation sites (tertiary alicyclic amines) is 1. The predicted octanol–water partition coefficient (Wildman–Crippen LogP) is 2.73. The van der Waals surface area contributed by atoms with Gasteiger partial charge in [0, 0.05) is 19.5 Å². The van der Waals surface area contributed by atoms with Crippen LogP contribution in [0.4, 0.5) is 0 Å². The van der Waals surface area contributed by atoms with Crippen molar-refractivity contribution in [2.75, 3.05) is 20.2 Å². The van der Waals surface area contributed by atoms with E-state index < -0.39 is 11.4 Å². The first-order valence-corrected chi connectivity index (χ1v) is 8.15. The smallest absolute Gasteiger partial charge is 0.311 e. The summed E-state index contributed by atoms with van der Waals surface area (Å²) in [4.78, 5) is 25.7. The molecule has 0 saturated carbocycles. The van der Waals surface area contributed by atoms with E-state index in [4.69, 9.17) is 4.74 Å². The number of aliphatic carboxylic acids is 1. The Morgan fingerprint density at radius 1 is 1.30 bits per heavy atom. The number of methoxy groups -OCH3 is 1. The third-order valence-electron chi connectivity index (χ3n) is 4.85. The number of hydrogen-bond donors (Lipinski definition) is 1. The van der Waals surface area contributed by atoms with Crippen LogP contribution in [0.25, 0.3) is 0 Å². The highest BCUT2D eigenvalue weighted by Gasteiger charge is 2.41. The third-order valence-corrected chi connectivity index (χ3v) is 4.85. The number of carbonyl (C=O) groups is 2. The highest BCUT2D eigenvalue weighted by Crippen LogP contribution is 2.34. The summed E-state index contributed by atoms with van der Waals surface area (Å²) >= 11 is 0. The van der Waals surface area contributed by atoms with Crippen molar-refractivity contribution in [3.63, 3.8) is 0 Å². The summed E-state index contributed by atoms with van der Waals surface area (Å²) in [5, 5.41) is 9.50. The molecule has 1 heterocycles. The molecule has 2 rings (SSSR count). The second kappa shape index (κ2) is 7.49. The van der Waals surface area contributed by atoms with E-state index in [2.05, 4.69) is 0 Å². The lowest BCUT2D eigenvalue weighted by Crippen LogP contribution is -2.49. The van der Waals surface area contributed by atoms with Crippen LogP contribution in [-0.2, 0) is 16.0 Å². The van der Waals surface area contributed by atoms with Gasteiger partial charge in [0.1, 0.15) is 5.75 Å². The molecule has 5 heteroatoms. The first kappa shape index (κ1) is 17.3. The van der Waals surface area contributed by atoms with Gasteiger partial charge in [0.2, 0.25) is 5.91 Å². The number of aryl methyl sites for hydroxylation is 1. The minimum atomic E-state index is -0.785. The maximum absolute atomic E-state index is 12.4. The summed E-state index contributed by atoms with van der Waals surface area (Å²) in [5.74, 6) is 0.0533. The molecule has 1 aromatic carbocycles. The van der Waals surface area contributed by atoms with Crippen molar-refractivity contribution in [1.29, 1.82) is 0 Å². The summed E-state index contributed by atoms with van der Waals surface area (Å²) < 4.78 is 5.12. The molecular weight excluding hydrogens is 294 g/mol. The van der Waals surface area contributed by atoms with E-state index in [1.54, 1.807) is 12.0 Å². The molecule has 5 nitrogen and oxygen atoms in total. The molecule has 1 saturated heterocycles. The molecule has 23 heavy (non-hydrogen) atoms. The number of rotatable bonds is 6. The predicted molar refractivity (Wildman–Crippen MR) is 87.5 cm³/mol. The van der Waals surface area contributed by atoms with Crippen molar-refractivity contribution < 1.29 is 19.4 Å². The Labute approximate surface area is 137 Å². The number of amides is 1. The van der Waals surface area contributed by atoms with Crippen molar-refractivity contribution >= 4 is 11.9 Å². The summed E-state index contributed by atoms with van der Waals surface area (Å²) in [6.45, 7) is 2.89. The number of ether oxygens (including phenoxy) is 1. The maximum Gasteiger partial charge on any atom is 0.311 e. The number of carboxylic acid groups (broad SMARTS) is 1. The quantitative estimate of drug-likeness (QED) is 0.875. The van der Waals surface area contributed by atoms with Gasteiger partial charge < -0.3 is 14.7 Å². The van der Waals surface area contributed by atoms with Crippen molar-refractivity contribution in [2.24, 2.45) is 5.41 Å². The Morgan fingerprint density at radius 2 is 2.00 bits per heavy atom. The number of nitrogens with zero attached hydrogens (tertiary/aromatic N) is 1. The van der Waals surface area contributed by atoms with Gasteiger partial charge in [-0.15, -0.1) is 0 Å². The molecule has 0 bridgehead atoms. The van der Waals surface area contributed by atoms with Crippen molar-refractivity contribution in [2.45, 2.75) is 39.0 Å². The average molecular weight is 319 g/mol. The summed E-state index contributed by atoms with van der Waals surface area (Å²) in [6, 6.07) is 7.67. The second-order valence-corrected chi connectivity index (χ2v) is 6.21. The highest BCUT2D eigenvalue weighted by molar-refractivity contribution is 5.79. The van der Waals surface area contributed by atoms with E-state index in [-0.39, 0.29) is 5.91 Å². The molecular formula is C18H25NO4. The molecule has 1 atom stereocenters. The second-order valence-electron chi connectivity index (χ2n) is 6.21. The lowest BCUT2D eigenvalue weighted by atomic mass is 9.77. The van der Waals surface area contributed by atoms with Gasteiger partial charge >= 0.3 is 5.97 Å². The molecule has 0 spiro atoms.